The van der Waals surface area contributed by atoms with Gasteiger partial charge in [0.1, 0.15) is 12.7 Å². The van der Waals surface area contributed by atoms with E-state index in [1.54, 1.807) is 6.33 Å². The number of rotatable bonds is 1. The Morgan fingerprint density at radius 2 is 1.94 bits per heavy atom. The first-order valence-electron chi connectivity index (χ1n) is 6.25. The van der Waals surface area contributed by atoms with Crippen LogP contribution in [0.15, 0.2) is 12.7 Å². The van der Waals surface area contributed by atoms with E-state index in [-0.39, 0.29) is 5.54 Å². The molecule has 1 heterocycles. The second-order valence-electron chi connectivity index (χ2n) is 6.25. The molecule has 0 radical (unpaired) electrons. The summed E-state index contributed by atoms with van der Waals surface area (Å²) in [7, 11) is 0. The third-order valence-corrected chi connectivity index (χ3v) is 4.90. The first-order valence-corrected chi connectivity index (χ1v) is 6.25. The summed E-state index contributed by atoms with van der Waals surface area (Å²) >= 11 is 0. The average Bonchev–Trinajstić information content (AvgIpc) is 2.65. The van der Waals surface area contributed by atoms with E-state index in [1.807, 2.05) is 11.0 Å². The van der Waals surface area contributed by atoms with Crippen molar-refractivity contribution >= 4 is 0 Å². The monoisotopic (exact) mass is 219 g/mol. The topological polar surface area (TPSA) is 50.9 Å². The predicted octanol–water partition coefficient (Wildman–Crippen LogP) is 1.32. The molecular weight excluding hydrogens is 202 g/mol. The van der Waals surface area contributed by atoms with Crippen LogP contribution < -0.4 is 0 Å². The minimum Gasteiger partial charge on any atom is -0.390 e. The van der Waals surface area contributed by atoms with Gasteiger partial charge in [-0.05, 0) is 43.9 Å². The van der Waals surface area contributed by atoms with Gasteiger partial charge in [-0.1, -0.05) is 0 Å². The maximum Gasteiger partial charge on any atom is 0.137 e. The summed E-state index contributed by atoms with van der Waals surface area (Å²) in [4.78, 5) is 4.07. The van der Waals surface area contributed by atoms with Crippen LogP contribution in [0, 0.1) is 11.8 Å². The molecule has 4 nitrogen and oxygen atoms in total. The van der Waals surface area contributed by atoms with Crippen LogP contribution in [0.3, 0.4) is 0 Å². The molecule has 0 aromatic carbocycles. The van der Waals surface area contributed by atoms with Crippen molar-refractivity contribution in [2.24, 2.45) is 11.8 Å². The highest BCUT2D eigenvalue weighted by molar-refractivity contribution is 5.10. The Kier molecular flexibility index (Phi) is 1.53. The lowest BCUT2D eigenvalue weighted by atomic mass is 9.51. The fourth-order valence-electron chi connectivity index (χ4n) is 4.89. The van der Waals surface area contributed by atoms with E-state index < -0.39 is 5.60 Å². The number of hydrogen-bond acceptors (Lipinski definition) is 3. The van der Waals surface area contributed by atoms with Crippen LogP contribution in [0.1, 0.15) is 38.5 Å². The minimum atomic E-state index is -0.407. The molecule has 2 atom stereocenters. The Morgan fingerprint density at radius 3 is 2.50 bits per heavy atom. The van der Waals surface area contributed by atoms with Gasteiger partial charge in [0.25, 0.3) is 0 Å². The molecule has 0 spiro atoms. The first-order chi connectivity index (χ1) is 7.68. The fourth-order valence-corrected chi connectivity index (χ4v) is 4.89. The molecule has 4 aliphatic rings. The summed E-state index contributed by atoms with van der Waals surface area (Å²) in [6.07, 6.45) is 10.1. The third kappa shape index (κ3) is 1.08. The molecule has 4 bridgehead atoms. The Hall–Kier alpha value is -0.900. The van der Waals surface area contributed by atoms with Crippen molar-refractivity contribution in [3.05, 3.63) is 12.7 Å². The molecule has 0 aliphatic heterocycles. The second kappa shape index (κ2) is 2.67. The van der Waals surface area contributed by atoms with Gasteiger partial charge in [-0.2, -0.15) is 5.10 Å². The van der Waals surface area contributed by atoms with Gasteiger partial charge in [0.15, 0.2) is 0 Å². The van der Waals surface area contributed by atoms with Crippen LogP contribution >= 0.6 is 0 Å². The molecule has 16 heavy (non-hydrogen) atoms. The molecule has 4 heteroatoms. The van der Waals surface area contributed by atoms with Crippen molar-refractivity contribution < 1.29 is 5.11 Å². The molecule has 4 saturated carbocycles. The van der Waals surface area contributed by atoms with E-state index >= 15 is 0 Å². The Balaban J connectivity index is 1.80. The zero-order chi connectivity index (χ0) is 10.8. The smallest absolute Gasteiger partial charge is 0.137 e. The second-order valence-corrected chi connectivity index (χ2v) is 6.25. The Bertz CT molecular complexity index is 400. The van der Waals surface area contributed by atoms with Crippen molar-refractivity contribution in [1.29, 1.82) is 0 Å². The van der Waals surface area contributed by atoms with Gasteiger partial charge < -0.3 is 5.11 Å². The van der Waals surface area contributed by atoms with Crippen LogP contribution in [0.25, 0.3) is 0 Å². The van der Waals surface area contributed by atoms with Gasteiger partial charge in [-0.25, -0.2) is 9.67 Å². The summed E-state index contributed by atoms with van der Waals surface area (Å²) in [5.41, 5.74) is -0.328. The van der Waals surface area contributed by atoms with E-state index in [2.05, 4.69) is 10.1 Å². The lowest BCUT2D eigenvalue weighted by Gasteiger charge is -2.59. The summed E-state index contributed by atoms with van der Waals surface area (Å²) < 4.78 is 2.02. The summed E-state index contributed by atoms with van der Waals surface area (Å²) in [5.74, 6) is 1.41. The molecule has 0 amide bonds. The lowest BCUT2D eigenvalue weighted by Crippen LogP contribution is -2.59. The normalized spacial score (nSPS) is 49.8. The molecule has 2 unspecified atom stereocenters. The SMILES string of the molecule is OC12CC3CC(C1)CC(n1cncn1)(C3)C2. The van der Waals surface area contributed by atoms with E-state index in [0.29, 0.717) is 11.8 Å². The predicted molar refractivity (Wildman–Crippen MR) is 57.6 cm³/mol. The van der Waals surface area contributed by atoms with E-state index in [9.17, 15) is 5.11 Å². The molecule has 1 aromatic rings. The molecule has 4 aliphatic carbocycles. The van der Waals surface area contributed by atoms with E-state index in [1.165, 1.54) is 19.3 Å². The maximum absolute atomic E-state index is 10.6. The van der Waals surface area contributed by atoms with Crippen LogP contribution in [0.5, 0.6) is 0 Å². The minimum absolute atomic E-state index is 0.0787. The summed E-state index contributed by atoms with van der Waals surface area (Å²) in [6.45, 7) is 0. The van der Waals surface area contributed by atoms with Gasteiger partial charge in [0.05, 0.1) is 11.1 Å². The standard InChI is InChI=1S/C12H17N3O/c16-12-4-9-1-10(5-12)3-11(2-9,6-12)15-8-13-7-14-15/h7-10,16H,1-6H2. The van der Waals surface area contributed by atoms with Crippen molar-refractivity contribution in [2.75, 3.05) is 0 Å². The Morgan fingerprint density at radius 1 is 1.19 bits per heavy atom. The van der Waals surface area contributed by atoms with Gasteiger partial charge >= 0.3 is 0 Å². The zero-order valence-corrected chi connectivity index (χ0v) is 9.34. The molecule has 1 N–H and O–H groups in total. The first kappa shape index (κ1) is 9.16. The van der Waals surface area contributed by atoms with Crippen LogP contribution in [-0.4, -0.2) is 25.5 Å². The van der Waals surface area contributed by atoms with Crippen LogP contribution in [0.4, 0.5) is 0 Å². The summed E-state index contributed by atoms with van der Waals surface area (Å²) in [5, 5.41) is 14.9. The molecule has 4 fully saturated rings. The average molecular weight is 219 g/mol. The largest absolute Gasteiger partial charge is 0.390 e. The quantitative estimate of drug-likeness (QED) is 0.775. The highest BCUT2D eigenvalue weighted by Gasteiger charge is 2.58. The van der Waals surface area contributed by atoms with Gasteiger partial charge in [0, 0.05) is 6.42 Å². The van der Waals surface area contributed by atoms with E-state index in [0.717, 1.165) is 19.3 Å². The number of nitrogens with zero attached hydrogens (tertiary/aromatic N) is 3. The van der Waals surface area contributed by atoms with Gasteiger partial charge in [0.2, 0.25) is 0 Å². The fraction of sp³-hybridized carbons (Fsp3) is 0.833. The van der Waals surface area contributed by atoms with Crippen LogP contribution in [0.2, 0.25) is 0 Å². The Labute approximate surface area is 94.7 Å². The molecule has 1 aromatic heterocycles. The lowest BCUT2D eigenvalue weighted by molar-refractivity contribution is -0.159. The third-order valence-electron chi connectivity index (χ3n) is 4.90. The summed E-state index contributed by atoms with van der Waals surface area (Å²) in [6, 6.07) is 0. The number of hydrogen-bond donors (Lipinski definition) is 1. The van der Waals surface area contributed by atoms with E-state index in [4.69, 9.17) is 0 Å². The highest BCUT2D eigenvalue weighted by atomic mass is 16.3. The molecule has 86 valence electrons. The molecule has 5 rings (SSSR count). The van der Waals surface area contributed by atoms with Crippen LogP contribution in [-0.2, 0) is 5.54 Å². The zero-order valence-electron chi connectivity index (χ0n) is 9.34. The molecule has 0 saturated heterocycles. The van der Waals surface area contributed by atoms with Crippen molar-refractivity contribution in [3.8, 4) is 0 Å². The van der Waals surface area contributed by atoms with Crippen molar-refractivity contribution in [2.45, 2.75) is 49.7 Å². The maximum atomic E-state index is 10.6. The van der Waals surface area contributed by atoms with Gasteiger partial charge in [-0.15, -0.1) is 0 Å². The van der Waals surface area contributed by atoms with Gasteiger partial charge in [-0.3, -0.25) is 0 Å². The highest BCUT2D eigenvalue weighted by Crippen LogP contribution is 2.60. The molecular formula is C12H17N3O. The van der Waals surface area contributed by atoms with Crippen molar-refractivity contribution in [1.82, 2.24) is 14.8 Å². The van der Waals surface area contributed by atoms with Crippen molar-refractivity contribution in [3.63, 3.8) is 0 Å². The number of aromatic nitrogens is 3. The number of aliphatic hydroxyl groups is 1.